The quantitative estimate of drug-likeness (QED) is 0.765. The van der Waals surface area contributed by atoms with Crippen molar-refractivity contribution in [3.63, 3.8) is 0 Å². The molecule has 1 N–H and O–H groups in total. The van der Waals surface area contributed by atoms with Crippen LogP contribution in [0, 0.1) is 16.7 Å². The van der Waals surface area contributed by atoms with Gasteiger partial charge in [0.1, 0.15) is 5.41 Å². The fourth-order valence-corrected chi connectivity index (χ4v) is 2.79. The fourth-order valence-electron chi connectivity index (χ4n) is 2.79. The lowest BCUT2D eigenvalue weighted by molar-refractivity contribution is -0.147. The molecule has 0 unspecified atom stereocenters. The zero-order chi connectivity index (χ0) is 12.1. The van der Waals surface area contributed by atoms with E-state index in [0.29, 0.717) is 12.8 Å². The number of hydrogen-bond donors (Lipinski definition) is 1. The highest BCUT2D eigenvalue weighted by atomic mass is 16.7. The number of nitrogens with zero attached hydrogens (tertiary/aromatic N) is 1. The lowest BCUT2D eigenvalue weighted by atomic mass is 9.75. The maximum Gasteiger partial charge on any atom is 0.263 e. The van der Waals surface area contributed by atoms with Crippen LogP contribution in [0.4, 0.5) is 0 Å². The monoisotopic (exact) mass is 236 g/mol. The Morgan fingerprint density at radius 1 is 1.18 bits per heavy atom. The molecule has 0 saturated heterocycles. The van der Waals surface area contributed by atoms with Crippen LogP contribution < -0.4 is 5.48 Å². The number of carbonyl (C=O) groups excluding carboxylic acids is 1. The van der Waals surface area contributed by atoms with Crippen molar-refractivity contribution in [2.24, 2.45) is 5.41 Å². The molecule has 94 valence electrons. The van der Waals surface area contributed by atoms with E-state index in [-0.39, 0.29) is 12.0 Å². The van der Waals surface area contributed by atoms with Crippen LogP contribution in [-0.2, 0) is 9.63 Å². The van der Waals surface area contributed by atoms with Crippen LogP contribution in [0.25, 0.3) is 0 Å². The molecule has 2 fully saturated rings. The van der Waals surface area contributed by atoms with E-state index in [1.165, 1.54) is 12.8 Å². The van der Waals surface area contributed by atoms with Crippen LogP contribution in [0.2, 0.25) is 0 Å². The highest BCUT2D eigenvalue weighted by molar-refractivity contribution is 5.84. The van der Waals surface area contributed by atoms with Gasteiger partial charge in [-0.2, -0.15) is 5.26 Å². The van der Waals surface area contributed by atoms with E-state index in [9.17, 15) is 10.1 Å². The van der Waals surface area contributed by atoms with Gasteiger partial charge in [0.25, 0.3) is 5.91 Å². The van der Waals surface area contributed by atoms with Gasteiger partial charge in [-0.25, -0.2) is 5.48 Å². The first-order valence-electron chi connectivity index (χ1n) is 6.64. The van der Waals surface area contributed by atoms with Crippen molar-refractivity contribution < 1.29 is 9.63 Å². The van der Waals surface area contributed by atoms with Crippen molar-refractivity contribution >= 4 is 5.91 Å². The number of nitrogens with one attached hydrogen (secondary N) is 1. The second-order valence-electron chi connectivity index (χ2n) is 5.21. The highest BCUT2D eigenvalue weighted by Crippen LogP contribution is 2.36. The fraction of sp³-hybridized carbons (Fsp3) is 0.846. The Morgan fingerprint density at radius 3 is 2.41 bits per heavy atom. The van der Waals surface area contributed by atoms with E-state index in [2.05, 4.69) is 11.5 Å². The zero-order valence-electron chi connectivity index (χ0n) is 10.2. The number of hydroxylamine groups is 1. The normalized spacial score (nSPS) is 24.2. The average Bonchev–Trinajstić information content (AvgIpc) is 2.90. The summed E-state index contributed by atoms with van der Waals surface area (Å²) in [7, 11) is 0. The van der Waals surface area contributed by atoms with Crippen molar-refractivity contribution in [2.75, 3.05) is 0 Å². The van der Waals surface area contributed by atoms with Crippen LogP contribution in [-0.4, -0.2) is 12.0 Å². The molecule has 4 heteroatoms. The molecule has 2 saturated carbocycles. The second kappa shape index (κ2) is 5.50. The zero-order valence-corrected chi connectivity index (χ0v) is 10.2. The van der Waals surface area contributed by atoms with E-state index in [0.717, 1.165) is 32.1 Å². The summed E-state index contributed by atoms with van der Waals surface area (Å²) in [6.07, 6.45) is 8.91. The second-order valence-corrected chi connectivity index (χ2v) is 5.21. The van der Waals surface area contributed by atoms with Crippen LogP contribution in [0.15, 0.2) is 0 Å². The molecule has 1 amide bonds. The predicted octanol–water partition coefficient (Wildman–Crippen LogP) is 2.45. The minimum atomic E-state index is -0.836. The summed E-state index contributed by atoms with van der Waals surface area (Å²) in [6, 6.07) is 2.20. The first-order chi connectivity index (χ1) is 8.27. The number of rotatable bonds is 3. The van der Waals surface area contributed by atoms with E-state index >= 15 is 0 Å². The number of hydrogen-bond acceptors (Lipinski definition) is 3. The SMILES string of the molecule is N#CC1(C(=O)NOC2CCCC2)CCCCC1. The number of amides is 1. The number of nitriles is 1. The molecule has 0 aromatic rings. The van der Waals surface area contributed by atoms with Gasteiger partial charge in [0, 0.05) is 0 Å². The smallest absolute Gasteiger partial charge is 0.263 e. The lowest BCUT2D eigenvalue weighted by Crippen LogP contribution is -2.42. The third-order valence-corrected chi connectivity index (χ3v) is 3.98. The average molecular weight is 236 g/mol. The Kier molecular flexibility index (Phi) is 4.01. The molecule has 0 radical (unpaired) electrons. The molecule has 0 aliphatic heterocycles. The summed E-state index contributed by atoms with van der Waals surface area (Å²) < 4.78 is 0. The molecule has 2 aliphatic rings. The maximum atomic E-state index is 12.0. The Balaban J connectivity index is 1.86. The molecular weight excluding hydrogens is 216 g/mol. The summed E-state index contributed by atoms with van der Waals surface area (Å²) in [6.45, 7) is 0. The Morgan fingerprint density at radius 2 is 1.82 bits per heavy atom. The molecule has 0 heterocycles. The van der Waals surface area contributed by atoms with Crippen LogP contribution >= 0.6 is 0 Å². The summed E-state index contributed by atoms with van der Waals surface area (Å²) in [5.41, 5.74) is 1.69. The van der Waals surface area contributed by atoms with Crippen molar-refractivity contribution in [3.05, 3.63) is 0 Å². The summed E-state index contributed by atoms with van der Waals surface area (Å²) in [4.78, 5) is 17.4. The Bertz CT molecular complexity index is 310. The van der Waals surface area contributed by atoms with Crippen molar-refractivity contribution in [1.82, 2.24) is 5.48 Å². The van der Waals surface area contributed by atoms with E-state index in [4.69, 9.17) is 4.84 Å². The standard InChI is InChI=1S/C13H20N2O2/c14-10-13(8-4-1-5-9-13)12(16)15-17-11-6-2-3-7-11/h11H,1-9H2,(H,15,16). The molecule has 0 aromatic heterocycles. The Labute approximate surface area is 102 Å². The van der Waals surface area contributed by atoms with Gasteiger partial charge in [0.15, 0.2) is 0 Å². The molecule has 2 aliphatic carbocycles. The molecule has 17 heavy (non-hydrogen) atoms. The largest absolute Gasteiger partial charge is 0.271 e. The Hall–Kier alpha value is -1.08. The summed E-state index contributed by atoms with van der Waals surface area (Å²) in [5.74, 6) is -0.230. The van der Waals surface area contributed by atoms with E-state index in [1.54, 1.807) is 0 Å². The van der Waals surface area contributed by atoms with Gasteiger partial charge in [-0.1, -0.05) is 32.1 Å². The van der Waals surface area contributed by atoms with Crippen molar-refractivity contribution in [1.29, 1.82) is 5.26 Å². The van der Waals surface area contributed by atoms with Gasteiger partial charge in [0.05, 0.1) is 12.2 Å². The van der Waals surface area contributed by atoms with Crippen LogP contribution in [0.5, 0.6) is 0 Å². The molecule has 2 rings (SSSR count). The van der Waals surface area contributed by atoms with Gasteiger partial charge in [0.2, 0.25) is 0 Å². The minimum Gasteiger partial charge on any atom is -0.271 e. The van der Waals surface area contributed by atoms with E-state index < -0.39 is 5.41 Å². The summed E-state index contributed by atoms with van der Waals surface area (Å²) >= 11 is 0. The molecule has 4 nitrogen and oxygen atoms in total. The molecule has 0 bridgehead atoms. The topological polar surface area (TPSA) is 62.1 Å². The first-order valence-corrected chi connectivity index (χ1v) is 6.64. The van der Waals surface area contributed by atoms with Crippen molar-refractivity contribution in [2.45, 2.75) is 63.9 Å². The van der Waals surface area contributed by atoms with Gasteiger partial charge < -0.3 is 0 Å². The predicted molar refractivity (Wildman–Crippen MR) is 62.6 cm³/mol. The van der Waals surface area contributed by atoms with Crippen LogP contribution in [0.1, 0.15) is 57.8 Å². The third-order valence-electron chi connectivity index (χ3n) is 3.98. The van der Waals surface area contributed by atoms with E-state index in [1.807, 2.05) is 0 Å². The minimum absolute atomic E-state index is 0.151. The molecule has 0 spiro atoms. The maximum absolute atomic E-state index is 12.0. The molecule has 0 aromatic carbocycles. The van der Waals surface area contributed by atoms with Crippen molar-refractivity contribution in [3.8, 4) is 6.07 Å². The molecular formula is C13H20N2O2. The highest BCUT2D eigenvalue weighted by Gasteiger charge is 2.40. The van der Waals surface area contributed by atoms with Gasteiger partial charge in [-0.05, 0) is 25.7 Å². The van der Waals surface area contributed by atoms with Gasteiger partial charge in [-0.15, -0.1) is 0 Å². The summed E-state index contributed by atoms with van der Waals surface area (Å²) in [5, 5.41) is 9.24. The van der Waals surface area contributed by atoms with Gasteiger partial charge in [-0.3, -0.25) is 9.63 Å². The molecule has 0 atom stereocenters. The first kappa shape index (κ1) is 12.4. The van der Waals surface area contributed by atoms with Crippen LogP contribution in [0.3, 0.4) is 0 Å². The van der Waals surface area contributed by atoms with Gasteiger partial charge >= 0.3 is 0 Å². The number of carbonyl (C=O) groups is 1. The lowest BCUT2D eigenvalue weighted by Gasteiger charge is -2.29. The third kappa shape index (κ3) is 2.78.